The van der Waals surface area contributed by atoms with Gasteiger partial charge in [-0.25, -0.2) is 8.42 Å². The molecule has 1 aliphatic rings. The van der Waals surface area contributed by atoms with E-state index in [2.05, 4.69) is 13.8 Å². The van der Waals surface area contributed by atoms with Gasteiger partial charge in [-0.1, -0.05) is 32.0 Å². The number of fused-ring (bicyclic) bond motifs is 1. The van der Waals surface area contributed by atoms with Crippen molar-refractivity contribution in [2.24, 2.45) is 0 Å². The van der Waals surface area contributed by atoms with Gasteiger partial charge in [0.05, 0.1) is 15.5 Å². The largest absolute Gasteiger partial charge is 0.333 e. The number of amides is 1. The highest BCUT2D eigenvalue weighted by molar-refractivity contribution is 7.91. The highest BCUT2D eigenvalue weighted by Crippen LogP contribution is 2.28. The van der Waals surface area contributed by atoms with Gasteiger partial charge in [-0.15, -0.1) is 11.3 Å². The van der Waals surface area contributed by atoms with Crippen molar-refractivity contribution in [3.05, 3.63) is 51.7 Å². The predicted molar refractivity (Wildman–Crippen MR) is 91.6 cm³/mol. The molecular weight excluding hydrogens is 330 g/mol. The minimum atomic E-state index is -3.33. The summed E-state index contributed by atoms with van der Waals surface area (Å²) in [5, 5.41) is 1.92. The smallest absolute Gasteiger partial charge is 0.264 e. The van der Waals surface area contributed by atoms with Crippen molar-refractivity contribution in [2.75, 3.05) is 12.3 Å². The van der Waals surface area contributed by atoms with Crippen LogP contribution in [0.25, 0.3) is 0 Å². The highest BCUT2D eigenvalue weighted by atomic mass is 32.2. The molecule has 4 nitrogen and oxygen atoms in total. The minimum absolute atomic E-state index is 0.0296. The Morgan fingerprint density at radius 3 is 2.70 bits per heavy atom. The molecule has 122 valence electrons. The van der Waals surface area contributed by atoms with Gasteiger partial charge in [0.15, 0.2) is 9.84 Å². The summed E-state index contributed by atoms with van der Waals surface area (Å²) in [6.45, 7) is 4.68. The molecule has 0 radical (unpaired) electrons. The Morgan fingerprint density at radius 1 is 1.22 bits per heavy atom. The molecule has 0 bridgehead atoms. The summed E-state index contributed by atoms with van der Waals surface area (Å²) in [5.74, 6) is 0.164. The number of thiophene rings is 1. The van der Waals surface area contributed by atoms with Crippen molar-refractivity contribution in [2.45, 2.75) is 31.2 Å². The van der Waals surface area contributed by atoms with Gasteiger partial charge < -0.3 is 4.90 Å². The second-order valence-electron chi connectivity index (χ2n) is 6.01. The van der Waals surface area contributed by atoms with Crippen LogP contribution < -0.4 is 0 Å². The van der Waals surface area contributed by atoms with E-state index in [4.69, 9.17) is 0 Å². The van der Waals surface area contributed by atoms with E-state index in [0.29, 0.717) is 17.0 Å². The van der Waals surface area contributed by atoms with E-state index in [1.165, 1.54) is 11.3 Å². The lowest BCUT2D eigenvalue weighted by atomic mass is 10.0. The monoisotopic (exact) mass is 349 g/mol. The Hall–Kier alpha value is -1.66. The van der Waals surface area contributed by atoms with Crippen molar-refractivity contribution in [1.29, 1.82) is 0 Å². The third-order valence-corrected chi connectivity index (χ3v) is 6.80. The van der Waals surface area contributed by atoms with Crippen molar-refractivity contribution in [3.8, 4) is 0 Å². The van der Waals surface area contributed by atoms with Crippen LogP contribution in [0.15, 0.2) is 40.6 Å². The number of carbonyl (C=O) groups is 1. The number of sulfone groups is 1. The van der Waals surface area contributed by atoms with Crippen LogP contribution in [0, 0.1) is 0 Å². The van der Waals surface area contributed by atoms with Crippen molar-refractivity contribution in [3.63, 3.8) is 0 Å². The molecule has 2 aromatic rings. The SMILES string of the molecule is CC(C)c1ccsc1C(=O)N1CCS(=O)(=O)c2ccccc2C1. The Kier molecular flexibility index (Phi) is 4.29. The van der Waals surface area contributed by atoms with E-state index in [0.717, 1.165) is 10.4 Å². The summed E-state index contributed by atoms with van der Waals surface area (Å²) in [5.41, 5.74) is 1.72. The van der Waals surface area contributed by atoms with Crippen LogP contribution in [0.4, 0.5) is 0 Å². The molecule has 2 heterocycles. The number of hydrogen-bond donors (Lipinski definition) is 0. The molecule has 3 rings (SSSR count). The van der Waals surface area contributed by atoms with E-state index in [-0.39, 0.29) is 24.1 Å². The van der Waals surface area contributed by atoms with Gasteiger partial charge >= 0.3 is 0 Å². The standard InChI is InChI=1S/C17H19NO3S2/c1-12(2)14-7-9-22-16(14)17(19)18-8-10-23(20,21)15-6-4-3-5-13(15)11-18/h3-7,9,12H,8,10-11H2,1-2H3. The molecule has 1 amide bonds. The Morgan fingerprint density at radius 2 is 1.96 bits per heavy atom. The van der Waals surface area contributed by atoms with Gasteiger partial charge in [-0.2, -0.15) is 0 Å². The second-order valence-corrected chi connectivity index (χ2v) is 9.01. The van der Waals surface area contributed by atoms with Crippen LogP contribution in [-0.4, -0.2) is 31.5 Å². The van der Waals surface area contributed by atoms with E-state index in [1.807, 2.05) is 17.5 Å². The molecule has 1 aliphatic heterocycles. The summed E-state index contributed by atoms with van der Waals surface area (Å²) in [7, 11) is -3.33. The average molecular weight is 349 g/mol. The lowest BCUT2D eigenvalue weighted by Crippen LogP contribution is -2.32. The second kappa shape index (κ2) is 6.09. The summed E-state index contributed by atoms with van der Waals surface area (Å²) >= 11 is 1.43. The molecule has 0 unspecified atom stereocenters. The molecule has 0 N–H and O–H groups in total. The third-order valence-electron chi connectivity index (χ3n) is 4.10. The fourth-order valence-corrected chi connectivity index (χ4v) is 5.35. The van der Waals surface area contributed by atoms with E-state index < -0.39 is 9.84 Å². The van der Waals surface area contributed by atoms with Crippen LogP contribution >= 0.6 is 11.3 Å². The minimum Gasteiger partial charge on any atom is -0.333 e. The molecule has 0 atom stereocenters. The Balaban J connectivity index is 1.97. The van der Waals surface area contributed by atoms with Gasteiger partial charge in [-0.05, 0) is 34.6 Å². The molecule has 1 aromatic carbocycles. The lowest BCUT2D eigenvalue weighted by Gasteiger charge is -2.21. The van der Waals surface area contributed by atoms with Gasteiger partial charge in [-0.3, -0.25) is 4.79 Å². The van der Waals surface area contributed by atoms with E-state index in [1.54, 1.807) is 23.1 Å². The van der Waals surface area contributed by atoms with Gasteiger partial charge in [0, 0.05) is 13.1 Å². The van der Waals surface area contributed by atoms with Crippen LogP contribution in [0.1, 0.15) is 40.6 Å². The van der Waals surface area contributed by atoms with Crippen LogP contribution in [0.2, 0.25) is 0 Å². The van der Waals surface area contributed by atoms with Crippen molar-refractivity contribution in [1.82, 2.24) is 4.90 Å². The fourth-order valence-electron chi connectivity index (χ4n) is 2.83. The predicted octanol–water partition coefficient (Wildman–Crippen LogP) is 3.30. The summed E-state index contributed by atoms with van der Waals surface area (Å²) < 4.78 is 24.8. The van der Waals surface area contributed by atoms with Crippen LogP contribution in [0.3, 0.4) is 0 Å². The molecule has 0 spiro atoms. The zero-order chi connectivity index (χ0) is 16.6. The zero-order valence-corrected chi connectivity index (χ0v) is 14.8. The van der Waals surface area contributed by atoms with Crippen LogP contribution in [-0.2, 0) is 16.4 Å². The van der Waals surface area contributed by atoms with E-state index >= 15 is 0 Å². The molecule has 1 aromatic heterocycles. The summed E-state index contributed by atoms with van der Waals surface area (Å²) in [6, 6.07) is 8.93. The first-order valence-electron chi connectivity index (χ1n) is 7.57. The lowest BCUT2D eigenvalue weighted by molar-refractivity contribution is 0.0758. The van der Waals surface area contributed by atoms with Crippen molar-refractivity contribution >= 4 is 27.1 Å². The van der Waals surface area contributed by atoms with Gasteiger partial charge in [0.1, 0.15) is 0 Å². The molecule has 0 saturated carbocycles. The quantitative estimate of drug-likeness (QED) is 0.836. The number of carbonyl (C=O) groups excluding carboxylic acids is 1. The average Bonchev–Trinajstić information content (AvgIpc) is 2.96. The Bertz CT molecular complexity index is 837. The third kappa shape index (κ3) is 3.05. The molecule has 0 fully saturated rings. The number of hydrogen-bond acceptors (Lipinski definition) is 4. The van der Waals surface area contributed by atoms with Crippen molar-refractivity contribution < 1.29 is 13.2 Å². The molecule has 6 heteroatoms. The first-order chi connectivity index (χ1) is 10.9. The first-order valence-corrected chi connectivity index (χ1v) is 10.1. The maximum Gasteiger partial charge on any atom is 0.264 e. The highest BCUT2D eigenvalue weighted by Gasteiger charge is 2.29. The van der Waals surface area contributed by atoms with Gasteiger partial charge in [0.25, 0.3) is 5.91 Å². The summed E-state index contributed by atoms with van der Waals surface area (Å²) in [4.78, 5) is 15.6. The molecule has 0 saturated heterocycles. The molecular formula is C17H19NO3S2. The van der Waals surface area contributed by atoms with E-state index in [9.17, 15) is 13.2 Å². The Labute approximate surface area is 140 Å². The zero-order valence-electron chi connectivity index (χ0n) is 13.2. The van der Waals surface area contributed by atoms with Gasteiger partial charge in [0.2, 0.25) is 0 Å². The number of benzene rings is 1. The number of nitrogens with zero attached hydrogens (tertiary/aromatic N) is 1. The maximum absolute atomic E-state index is 12.9. The first kappa shape index (κ1) is 16.2. The maximum atomic E-state index is 12.9. The molecule has 23 heavy (non-hydrogen) atoms. The summed E-state index contributed by atoms with van der Waals surface area (Å²) in [6.07, 6.45) is 0. The fraction of sp³-hybridized carbons (Fsp3) is 0.353. The molecule has 0 aliphatic carbocycles. The normalized spacial score (nSPS) is 16.9. The number of rotatable bonds is 2. The van der Waals surface area contributed by atoms with Crippen LogP contribution in [0.5, 0.6) is 0 Å². The topological polar surface area (TPSA) is 54.5 Å².